The lowest BCUT2D eigenvalue weighted by Gasteiger charge is -2.06. The third kappa shape index (κ3) is 2.59. The van der Waals surface area contributed by atoms with Crippen LogP contribution in [-0.4, -0.2) is 5.33 Å². The second kappa shape index (κ2) is 4.47. The molecule has 70 valence electrons. The summed E-state index contributed by atoms with van der Waals surface area (Å²) in [6.45, 7) is 4.16. The number of allylic oxidation sites excluding steroid dienone is 1. The predicted octanol–water partition coefficient (Wildman–Crippen LogP) is 3.29. The fourth-order valence-corrected chi connectivity index (χ4v) is 1.62. The predicted molar refractivity (Wildman–Crippen MR) is 63.2 cm³/mol. The number of aryl methyl sites for hydroxylation is 2. The van der Waals surface area contributed by atoms with Gasteiger partial charge in [-0.25, -0.2) is 0 Å². The van der Waals surface area contributed by atoms with E-state index in [-0.39, 0.29) is 0 Å². The molecule has 0 fully saturated rings. The number of anilines is 1. The maximum atomic E-state index is 5.72. The molecular formula is C11H14BrN. The van der Waals surface area contributed by atoms with Crippen LogP contribution >= 0.6 is 15.9 Å². The second-order valence-electron chi connectivity index (χ2n) is 3.13. The Morgan fingerprint density at radius 1 is 1.31 bits per heavy atom. The highest BCUT2D eigenvalue weighted by molar-refractivity contribution is 9.09. The monoisotopic (exact) mass is 239 g/mol. The Morgan fingerprint density at radius 3 is 2.31 bits per heavy atom. The van der Waals surface area contributed by atoms with E-state index >= 15 is 0 Å². The average molecular weight is 240 g/mol. The quantitative estimate of drug-likeness (QED) is 0.623. The molecule has 1 rings (SSSR count). The van der Waals surface area contributed by atoms with Crippen molar-refractivity contribution in [2.24, 2.45) is 0 Å². The lowest BCUT2D eigenvalue weighted by atomic mass is 10.0. The summed E-state index contributed by atoms with van der Waals surface area (Å²) in [5.41, 5.74) is 10.3. The van der Waals surface area contributed by atoms with Crippen molar-refractivity contribution in [1.29, 1.82) is 0 Å². The highest BCUT2D eigenvalue weighted by Gasteiger charge is 1.99. The van der Waals surface area contributed by atoms with Crippen molar-refractivity contribution in [3.05, 3.63) is 34.9 Å². The highest BCUT2D eigenvalue weighted by atomic mass is 79.9. The summed E-state index contributed by atoms with van der Waals surface area (Å²) < 4.78 is 0. The molecule has 0 unspecified atom stereocenters. The molecular weight excluding hydrogens is 226 g/mol. The van der Waals surface area contributed by atoms with Crippen LogP contribution in [0, 0.1) is 13.8 Å². The molecule has 0 aliphatic heterocycles. The van der Waals surface area contributed by atoms with Crippen molar-refractivity contribution in [2.45, 2.75) is 13.8 Å². The van der Waals surface area contributed by atoms with Gasteiger partial charge in [-0.3, -0.25) is 0 Å². The maximum absolute atomic E-state index is 5.72. The lowest BCUT2D eigenvalue weighted by molar-refractivity contribution is 1.36. The molecule has 13 heavy (non-hydrogen) atoms. The van der Waals surface area contributed by atoms with Gasteiger partial charge in [0.2, 0.25) is 0 Å². The summed E-state index contributed by atoms with van der Waals surface area (Å²) in [6, 6.07) is 4.00. The van der Waals surface area contributed by atoms with Crippen molar-refractivity contribution in [2.75, 3.05) is 11.1 Å². The number of nitrogens with two attached hydrogens (primary N) is 1. The number of hydrogen-bond acceptors (Lipinski definition) is 1. The fourth-order valence-electron chi connectivity index (χ4n) is 1.43. The van der Waals surface area contributed by atoms with Crippen LogP contribution in [0.5, 0.6) is 0 Å². The van der Waals surface area contributed by atoms with Crippen molar-refractivity contribution < 1.29 is 0 Å². The topological polar surface area (TPSA) is 26.0 Å². The van der Waals surface area contributed by atoms with Gasteiger partial charge in [0.15, 0.2) is 0 Å². The lowest BCUT2D eigenvalue weighted by Crippen LogP contribution is -1.91. The number of hydrogen-bond donors (Lipinski definition) is 1. The Labute approximate surface area is 87.8 Å². The van der Waals surface area contributed by atoms with Gasteiger partial charge in [0.1, 0.15) is 0 Å². The van der Waals surface area contributed by atoms with Crippen LogP contribution in [0.4, 0.5) is 5.69 Å². The molecule has 1 aromatic rings. The van der Waals surface area contributed by atoms with Gasteiger partial charge >= 0.3 is 0 Å². The summed E-state index contributed by atoms with van der Waals surface area (Å²) in [5, 5.41) is 0.885. The first-order valence-corrected chi connectivity index (χ1v) is 5.36. The summed E-state index contributed by atoms with van der Waals surface area (Å²) in [6.07, 6.45) is 4.21. The van der Waals surface area contributed by atoms with Gasteiger partial charge < -0.3 is 5.73 Å². The van der Waals surface area contributed by atoms with Gasteiger partial charge in [0.25, 0.3) is 0 Å². The third-order valence-electron chi connectivity index (χ3n) is 1.99. The van der Waals surface area contributed by atoms with E-state index in [0.717, 1.165) is 11.0 Å². The molecule has 1 nitrogen and oxygen atoms in total. The van der Waals surface area contributed by atoms with Crippen molar-refractivity contribution >= 4 is 27.7 Å². The molecule has 0 saturated heterocycles. The van der Waals surface area contributed by atoms with Gasteiger partial charge in [-0.2, -0.15) is 0 Å². The van der Waals surface area contributed by atoms with E-state index in [1.165, 1.54) is 16.7 Å². The van der Waals surface area contributed by atoms with Gasteiger partial charge in [0.05, 0.1) is 0 Å². The minimum Gasteiger partial charge on any atom is -0.399 e. The van der Waals surface area contributed by atoms with E-state index in [2.05, 4.69) is 41.9 Å². The summed E-state index contributed by atoms with van der Waals surface area (Å²) in [5.74, 6) is 0. The highest BCUT2D eigenvalue weighted by Crippen LogP contribution is 2.19. The molecule has 0 atom stereocenters. The maximum Gasteiger partial charge on any atom is 0.0319 e. The zero-order valence-electron chi connectivity index (χ0n) is 7.97. The van der Waals surface area contributed by atoms with Crippen molar-refractivity contribution in [3.8, 4) is 0 Å². The van der Waals surface area contributed by atoms with Gasteiger partial charge in [-0.05, 0) is 42.7 Å². The first kappa shape index (κ1) is 10.3. The molecule has 0 amide bonds. The third-order valence-corrected chi connectivity index (χ3v) is 2.36. The summed E-state index contributed by atoms with van der Waals surface area (Å²) >= 11 is 3.36. The van der Waals surface area contributed by atoms with Crippen LogP contribution in [0.25, 0.3) is 6.08 Å². The summed E-state index contributed by atoms with van der Waals surface area (Å²) in [7, 11) is 0. The van der Waals surface area contributed by atoms with Crippen LogP contribution in [0.15, 0.2) is 18.2 Å². The molecule has 0 heterocycles. The van der Waals surface area contributed by atoms with Crippen molar-refractivity contribution in [3.63, 3.8) is 0 Å². The van der Waals surface area contributed by atoms with E-state index in [9.17, 15) is 0 Å². The van der Waals surface area contributed by atoms with E-state index in [0.29, 0.717) is 0 Å². The van der Waals surface area contributed by atoms with Crippen LogP contribution in [0.3, 0.4) is 0 Å². The molecule has 0 aliphatic carbocycles. The first-order valence-electron chi connectivity index (χ1n) is 4.24. The molecule has 0 aliphatic rings. The van der Waals surface area contributed by atoms with Gasteiger partial charge in [-0.1, -0.05) is 28.1 Å². The Morgan fingerprint density at radius 2 is 1.85 bits per heavy atom. The van der Waals surface area contributed by atoms with Gasteiger partial charge in [0, 0.05) is 11.0 Å². The van der Waals surface area contributed by atoms with Crippen molar-refractivity contribution in [1.82, 2.24) is 0 Å². The molecule has 2 N–H and O–H groups in total. The largest absolute Gasteiger partial charge is 0.399 e. The Kier molecular flexibility index (Phi) is 3.55. The Bertz CT molecular complexity index is 306. The zero-order chi connectivity index (χ0) is 9.84. The van der Waals surface area contributed by atoms with E-state index in [4.69, 9.17) is 5.73 Å². The Balaban J connectivity index is 3.13. The number of halogens is 1. The number of rotatable bonds is 2. The summed E-state index contributed by atoms with van der Waals surface area (Å²) in [4.78, 5) is 0. The Hall–Kier alpha value is -0.760. The standard InChI is InChI=1S/C11H14BrN/c1-8-6-10(13)7-9(2)11(8)4-3-5-12/h3-4,6-7H,5,13H2,1-2H3. The minimum atomic E-state index is 0.839. The minimum absolute atomic E-state index is 0.839. The smallest absolute Gasteiger partial charge is 0.0319 e. The van der Waals surface area contributed by atoms with Crippen LogP contribution < -0.4 is 5.73 Å². The van der Waals surface area contributed by atoms with E-state index in [1.54, 1.807) is 0 Å². The molecule has 0 aromatic heterocycles. The second-order valence-corrected chi connectivity index (χ2v) is 3.77. The molecule has 0 spiro atoms. The van der Waals surface area contributed by atoms with E-state index < -0.39 is 0 Å². The first-order chi connectivity index (χ1) is 6.15. The molecule has 0 saturated carbocycles. The number of alkyl halides is 1. The van der Waals surface area contributed by atoms with Crippen LogP contribution in [0.2, 0.25) is 0 Å². The van der Waals surface area contributed by atoms with Gasteiger partial charge in [-0.15, -0.1) is 0 Å². The number of benzene rings is 1. The average Bonchev–Trinajstić information content (AvgIpc) is 2.02. The van der Waals surface area contributed by atoms with Crippen LogP contribution in [-0.2, 0) is 0 Å². The number of nitrogen functional groups attached to an aromatic ring is 1. The van der Waals surface area contributed by atoms with E-state index in [1.807, 2.05) is 12.1 Å². The molecule has 0 radical (unpaired) electrons. The zero-order valence-corrected chi connectivity index (χ0v) is 9.56. The normalized spacial score (nSPS) is 11.0. The molecule has 1 aromatic carbocycles. The fraction of sp³-hybridized carbons (Fsp3) is 0.273. The SMILES string of the molecule is Cc1cc(N)cc(C)c1C=CCBr. The molecule has 0 bridgehead atoms. The molecule has 2 heteroatoms. The van der Waals surface area contributed by atoms with Crippen LogP contribution in [0.1, 0.15) is 16.7 Å².